The first-order valence-corrected chi connectivity index (χ1v) is 8.94. The van der Waals surface area contributed by atoms with E-state index in [1.807, 2.05) is 74.4 Å². The van der Waals surface area contributed by atoms with Crippen molar-refractivity contribution in [2.24, 2.45) is 5.41 Å². The third kappa shape index (κ3) is 3.57. The van der Waals surface area contributed by atoms with Crippen molar-refractivity contribution < 1.29 is 9.59 Å². The summed E-state index contributed by atoms with van der Waals surface area (Å²) < 4.78 is 0. The van der Waals surface area contributed by atoms with E-state index in [9.17, 15) is 9.59 Å². The Morgan fingerprint density at radius 1 is 0.962 bits per heavy atom. The number of aryl methyl sites for hydroxylation is 1. The van der Waals surface area contributed by atoms with E-state index in [2.05, 4.69) is 10.6 Å². The molecule has 0 unspecified atom stereocenters. The second-order valence-corrected chi connectivity index (χ2v) is 6.94. The maximum Gasteiger partial charge on any atom is 0.240 e. The maximum atomic E-state index is 12.8. The van der Waals surface area contributed by atoms with Gasteiger partial charge >= 0.3 is 0 Å². The van der Waals surface area contributed by atoms with Crippen LogP contribution in [0.15, 0.2) is 48.5 Å². The molecular formula is C21H25N3O2. The molecule has 0 saturated heterocycles. The van der Waals surface area contributed by atoms with Crippen LogP contribution in [0.2, 0.25) is 0 Å². The monoisotopic (exact) mass is 351 g/mol. The van der Waals surface area contributed by atoms with Crippen molar-refractivity contribution >= 4 is 28.9 Å². The van der Waals surface area contributed by atoms with Gasteiger partial charge in [-0.05, 0) is 55.2 Å². The van der Waals surface area contributed by atoms with Gasteiger partial charge in [-0.15, -0.1) is 0 Å². The van der Waals surface area contributed by atoms with Crippen LogP contribution in [0, 0.1) is 5.41 Å². The van der Waals surface area contributed by atoms with Gasteiger partial charge in [0.1, 0.15) is 5.41 Å². The molecule has 0 spiro atoms. The van der Waals surface area contributed by atoms with Crippen molar-refractivity contribution in [2.75, 3.05) is 29.6 Å². The zero-order valence-electron chi connectivity index (χ0n) is 15.5. The molecule has 26 heavy (non-hydrogen) atoms. The molecule has 2 aromatic carbocycles. The highest BCUT2D eigenvalue weighted by Crippen LogP contribution is 2.47. The SMILES string of the molecule is CCc1ccccc1NC(=O)C1(C(=O)Nc2ccc(N(C)C)cc2)CC1. The highest BCUT2D eigenvalue weighted by Gasteiger charge is 2.56. The molecule has 0 heterocycles. The highest BCUT2D eigenvalue weighted by atomic mass is 16.2. The van der Waals surface area contributed by atoms with Gasteiger partial charge in [0.25, 0.3) is 0 Å². The fraction of sp³-hybridized carbons (Fsp3) is 0.333. The molecule has 0 aromatic heterocycles. The van der Waals surface area contributed by atoms with E-state index in [0.29, 0.717) is 18.5 Å². The quantitative estimate of drug-likeness (QED) is 0.781. The third-order valence-corrected chi connectivity index (χ3v) is 4.91. The fourth-order valence-electron chi connectivity index (χ4n) is 2.97. The van der Waals surface area contributed by atoms with Gasteiger partial charge in [0, 0.05) is 31.2 Å². The molecule has 5 heteroatoms. The second-order valence-electron chi connectivity index (χ2n) is 6.94. The number of hydrogen-bond donors (Lipinski definition) is 2. The smallest absolute Gasteiger partial charge is 0.240 e. The second kappa shape index (κ2) is 7.20. The molecule has 136 valence electrons. The molecule has 0 aliphatic heterocycles. The summed E-state index contributed by atoms with van der Waals surface area (Å²) in [6.45, 7) is 2.04. The van der Waals surface area contributed by atoms with E-state index in [0.717, 1.165) is 23.4 Å². The zero-order valence-corrected chi connectivity index (χ0v) is 15.5. The minimum absolute atomic E-state index is 0.221. The zero-order chi connectivity index (χ0) is 18.7. The van der Waals surface area contributed by atoms with Gasteiger partial charge in [0.2, 0.25) is 11.8 Å². The molecule has 1 aliphatic carbocycles. The van der Waals surface area contributed by atoms with Crippen molar-refractivity contribution in [3.8, 4) is 0 Å². The van der Waals surface area contributed by atoms with Crippen molar-refractivity contribution in [3.63, 3.8) is 0 Å². The predicted octanol–water partition coefficient (Wildman–Crippen LogP) is 3.67. The lowest BCUT2D eigenvalue weighted by molar-refractivity contribution is -0.131. The Labute approximate surface area is 154 Å². The number of anilines is 3. The Morgan fingerprint density at radius 2 is 1.58 bits per heavy atom. The average Bonchev–Trinajstić information content (AvgIpc) is 3.44. The first-order valence-electron chi connectivity index (χ1n) is 8.94. The Hall–Kier alpha value is -2.82. The minimum atomic E-state index is -0.957. The van der Waals surface area contributed by atoms with Crippen molar-refractivity contribution in [3.05, 3.63) is 54.1 Å². The van der Waals surface area contributed by atoms with E-state index in [4.69, 9.17) is 0 Å². The summed E-state index contributed by atoms with van der Waals surface area (Å²) in [4.78, 5) is 27.5. The lowest BCUT2D eigenvalue weighted by Gasteiger charge is -2.17. The van der Waals surface area contributed by atoms with Gasteiger partial charge in [0.05, 0.1) is 0 Å². The molecule has 0 radical (unpaired) electrons. The number of amides is 2. The molecule has 1 aliphatic rings. The fourth-order valence-corrected chi connectivity index (χ4v) is 2.97. The van der Waals surface area contributed by atoms with Crippen LogP contribution in [0.3, 0.4) is 0 Å². The minimum Gasteiger partial charge on any atom is -0.378 e. The van der Waals surface area contributed by atoms with Crippen LogP contribution >= 0.6 is 0 Å². The van der Waals surface area contributed by atoms with E-state index in [1.54, 1.807) is 0 Å². The summed E-state index contributed by atoms with van der Waals surface area (Å²) in [5.41, 5.74) is 2.65. The van der Waals surface area contributed by atoms with Crippen LogP contribution < -0.4 is 15.5 Å². The molecule has 1 fully saturated rings. The first kappa shape index (κ1) is 18.0. The third-order valence-electron chi connectivity index (χ3n) is 4.91. The predicted molar refractivity (Wildman–Crippen MR) is 106 cm³/mol. The number of para-hydroxylation sites is 1. The molecule has 1 saturated carbocycles. The van der Waals surface area contributed by atoms with E-state index in [1.165, 1.54) is 0 Å². The highest BCUT2D eigenvalue weighted by molar-refractivity contribution is 6.17. The van der Waals surface area contributed by atoms with Crippen LogP contribution in [0.25, 0.3) is 0 Å². The topological polar surface area (TPSA) is 61.4 Å². The van der Waals surface area contributed by atoms with Crippen LogP contribution in [0.5, 0.6) is 0 Å². The molecule has 2 amide bonds. The summed E-state index contributed by atoms with van der Waals surface area (Å²) in [6.07, 6.45) is 1.98. The molecule has 5 nitrogen and oxygen atoms in total. The average molecular weight is 351 g/mol. The molecule has 0 atom stereocenters. The lowest BCUT2D eigenvalue weighted by Crippen LogP contribution is -2.35. The summed E-state index contributed by atoms with van der Waals surface area (Å²) in [6, 6.07) is 15.3. The van der Waals surface area contributed by atoms with Crippen molar-refractivity contribution in [1.82, 2.24) is 0 Å². The molecule has 2 N–H and O–H groups in total. The number of nitrogens with zero attached hydrogens (tertiary/aromatic N) is 1. The lowest BCUT2D eigenvalue weighted by atomic mass is 10.0. The van der Waals surface area contributed by atoms with Crippen LogP contribution in [-0.4, -0.2) is 25.9 Å². The van der Waals surface area contributed by atoms with Crippen LogP contribution in [0.1, 0.15) is 25.3 Å². The normalized spacial score (nSPS) is 14.4. The Kier molecular flexibility index (Phi) is 4.98. The molecule has 0 bridgehead atoms. The van der Waals surface area contributed by atoms with Gasteiger partial charge in [0.15, 0.2) is 0 Å². The molecule has 2 aromatic rings. The number of benzene rings is 2. The van der Waals surface area contributed by atoms with Gasteiger partial charge in [-0.1, -0.05) is 25.1 Å². The van der Waals surface area contributed by atoms with Crippen LogP contribution in [0.4, 0.5) is 17.1 Å². The molecular weight excluding hydrogens is 326 g/mol. The van der Waals surface area contributed by atoms with Gasteiger partial charge in [-0.25, -0.2) is 0 Å². The summed E-state index contributed by atoms with van der Waals surface area (Å²) in [5.74, 6) is -0.456. The first-order chi connectivity index (χ1) is 12.5. The maximum absolute atomic E-state index is 12.8. The number of carbonyl (C=O) groups is 2. The summed E-state index contributed by atoms with van der Waals surface area (Å²) in [5, 5.41) is 5.84. The number of carbonyl (C=O) groups excluding carboxylic acids is 2. The van der Waals surface area contributed by atoms with Gasteiger partial charge in [-0.3, -0.25) is 9.59 Å². The van der Waals surface area contributed by atoms with Crippen molar-refractivity contribution in [2.45, 2.75) is 26.2 Å². The van der Waals surface area contributed by atoms with Gasteiger partial charge < -0.3 is 15.5 Å². The van der Waals surface area contributed by atoms with Crippen molar-refractivity contribution in [1.29, 1.82) is 0 Å². The number of nitrogens with one attached hydrogen (secondary N) is 2. The van der Waals surface area contributed by atoms with Gasteiger partial charge in [-0.2, -0.15) is 0 Å². The Bertz CT molecular complexity index is 808. The van der Waals surface area contributed by atoms with E-state index < -0.39 is 5.41 Å². The summed E-state index contributed by atoms with van der Waals surface area (Å²) in [7, 11) is 3.93. The van der Waals surface area contributed by atoms with E-state index >= 15 is 0 Å². The Balaban J connectivity index is 1.69. The largest absolute Gasteiger partial charge is 0.378 e. The standard InChI is InChI=1S/C21H25N3O2/c1-4-15-7-5-6-8-18(15)23-20(26)21(13-14-21)19(25)22-16-9-11-17(12-10-16)24(2)3/h5-12H,4,13-14H2,1-3H3,(H,22,25)(H,23,26). The number of hydrogen-bond acceptors (Lipinski definition) is 3. The Morgan fingerprint density at radius 3 is 2.15 bits per heavy atom. The number of rotatable bonds is 6. The molecule has 3 rings (SSSR count). The van der Waals surface area contributed by atoms with E-state index in [-0.39, 0.29) is 11.8 Å². The van der Waals surface area contributed by atoms with Crippen LogP contribution in [-0.2, 0) is 16.0 Å². The summed E-state index contributed by atoms with van der Waals surface area (Å²) >= 11 is 0.